The number of fused-ring (bicyclic) bond motifs is 1. The second-order valence-corrected chi connectivity index (χ2v) is 7.26. The number of benzene rings is 1. The lowest BCUT2D eigenvalue weighted by Gasteiger charge is -2.27. The zero-order chi connectivity index (χ0) is 19.5. The number of rotatable bonds is 5. The van der Waals surface area contributed by atoms with Crippen LogP contribution in [-0.2, 0) is 25.6 Å². The molecule has 2 fully saturated rings. The molecule has 0 bridgehead atoms. The molecule has 3 N–H and O–H groups in total. The van der Waals surface area contributed by atoms with Crippen molar-refractivity contribution >= 4 is 28.4 Å². The lowest BCUT2D eigenvalue weighted by molar-refractivity contribution is -0.135. The SMILES string of the molecule is NC[C@H]1CC[C@@H](C(=O)Nc2ccc3c(ccn3CC(=O)N3CCOCC3)c2)O1. The van der Waals surface area contributed by atoms with Gasteiger partial charge in [0.05, 0.1) is 19.3 Å². The maximum atomic E-state index is 12.5. The molecule has 2 amide bonds. The fraction of sp³-hybridized carbons (Fsp3) is 0.500. The smallest absolute Gasteiger partial charge is 0.253 e. The Morgan fingerprint density at radius 1 is 1.18 bits per heavy atom. The first kappa shape index (κ1) is 18.9. The van der Waals surface area contributed by atoms with Crippen molar-refractivity contribution < 1.29 is 19.1 Å². The van der Waals surface area contributed by atoms with E-state index in [-0.39, 0.29) is 17.9 Å². The second-order valence-electron chi connectivity index (χ2n) is 7.26. The van der Waals surface area contributed by atoms with Gasteiger partial charge in [0.15, 0.2) is 0 Å². The van der Waals surface area contributed by atoms with Crippen molar-refractivity contribution in [3.8, 4) is 0 Å². The molecule has 0 spiro atoms. The second kappa shape index (κ2) is 8.30. The summed E-state index contributed by atoms with van der Waals surface area (Å²) < 4.78 is 12.9. The first-order chi connectivity index (χ1) is 13.6. The molecule has 0 aliphatic carbocycles. The zero-order valence-electron chi connectivity index (χ0n) is 15.8. The number of carbonyl (C=O) groups excluding carboxylic acids is 2. The topological polar surface area (TPSA) is 98.8 Å². The number of nitrogens with zero attached hydrogens (tertiary/aromatic N) is 2. The summed E-state index contributed by atoms with van der Waals surface area (Å²) in [5.74, 6) is -0.0525. The lowest BCUT2D eigenvalue weighted by Crippen LogP contribution is -2.42. The molecule has 2 aliphatic heterocycles. The van der Waals surface area contributed by atoms with Crippen LogP contribution in [0.4, 0.5) is 5.69 Å². The highest BCUT2D eigenvalue weighted by atomic mass is 16.5. The molecule has 28 heavy (non-hydrogen) atoms. The van der Waals surface area contributed by atoms with Crippen LogP contribution >= 0.6 is 0 Å². The van der Waals surface area contributed by atoms with Crippen LogP contribution in [0.15, 0.2) is 30.5 Å². The van der Waals surface area contributed by atoms with Gasteiger partial charge in [0.25, 0.3) is 5.91 Å². The van der Waals surface area contributed by atoms with E-state index in [1.807, 2.05) is 39.9 Å². The summed E-state index contributed by atoms with van der Waals surface area (Å²) >= 11 is 0. The Morgan fingerprint density at radius 2 is 2.00 bits per heavy atom. The minimum atomic E-state index is -0.444. The minimum absolute atomic E-state index is 0.0312. The van der Waals surface area contributed by atoms with E-state index >= 15 is 0 Å². The van der Waals surface area contributed by atoms with E-state index in [9.17, 15) is 9.59 Å². The molecule has 0 unspecified atom stereocenters. The molecule has 2 aliphatic rings. The molecule has 8 heteroatoms. The van der Waals surface area contributed by atoms with Gasteiger partial charge in [-0.05, 0) is 37.1 Å². The minimum Gasteiger partial charge on any atom is -0.378 e. The zero-order valence-corrected chi connectivity index (χ0v) is 15.8. The van der Waals surface area contributed by atoms with Crippen molar-refractivity contribution in [2.45, 2.75) is 31.6 Å². The quantitative estimate of drug-likeness (QED) is 0.797. The molecule has 2 atom stereocenters. The van der Waals surface area contributed by atoms with Crippen LogP contribution in [0.1, 0.15) is 12.8 Å². The van der Waals surface area contributed by atoms with Gasteiger partial charge < -0.3 is 30.0 Å². The predicted molar refractivity (Wildman–Crippen MR) is 105 cm³/mol. The predicted octanol–water partition coefficient (Wildman–Crippen LogP) is 0.945. The number of hydrogen-bond acceptors (Lipinski definition) is 5. The lowest BCUT2D eigenvalue weighted by atomic mass is 10.2. The summed E-state index contributed by atoms with van der Waals surface area (Å²) in [5.41, 5.74) is 7.28. The Morgan fingerprint density at radius 3 is 2.75 bits per heavy atom. The summed E-state index contributed by atoms with van der Waals surface area (Å²) in [4.78, 5) is 26.7. The van der Waals surface area contributed by atoms with E-state index in [4.69, 9.17) is 15.2 Å². The van der Waals surface area contributed by atoms with Gasteiger partial charge in [-0.25, -0.2) is 0 Å². The van der Waals surface area contributed by atoms with Crippen molar-refractivity contribution in [1.82, 2.24) is 9.47 Å². The Kier molecular flexibility index (Phi) is 5.61. The van der Waals surface area contributed by atoms with E-state index in [0.717, 1.165) is 23.0 Å². The van der Waals surface area contributed by atoms with Gasteiger partial charge in [-0.3, -0.25) is 9.59 Å². The maximum Gasteiger partial charge on any atom is 0.253 e. The first-order valence-corrected chi connectivity index (χ1v) is 9.75. The summed E-state index contributed by atoms with van der Waals surface area (Å²) in [6, 6.07) is 7.65. The largest absolute Gasteiger partial charge is 0.378 e. The fourth-order valence-electron chi connectivity index (χ4n) is 3.77. The van der Waals surface area contributed by atoms with Gasteiger partial charge in [0, 0.05) is 42.4 Å². The standard InChI is InChI=1S/C20H26N4O4/c21-12-16-2-4-18(28-16)20(26)22-15-1-3-17-14(11-15)5-6-24(17)13-19(25)23-7-9-27-10-8-23/h1,3,5-6,11,16,18H,2,4,7-10,12-13,21H2,(H,22,26)/t16-,18+/m1/s1. The molecule has 3 heterocycles. The average Bonchev–Trinajstić information content (AvgIpc) is 3.36. The monoisotopic (exact) mass is 386 g/mol. The molecular weight excluding hydrogens is 360 g/mol. The Bertz CT molecular complexity index is 859. The molecule has 150 valence electrons. The molecule has 1 aromatic carbocycles. The molecule has 2 aromatic rings. The molecule has 4 rings (SSSR count). The van der Waals surface area contributed by atoms with Crippen LogP contribution in [0.2, 0.25) is 0 Å². The molecule has 0 saturated carbocycles. The van der Waals surface area contributed by atoms with E-state index in [1.165, 1.54) is 0 Å². The summed E-state index contributed by atoms with van der Waals surface area (Å²) in [7, 11) is 0. The van der Waals surface area contributed by atoms with Crippen LogP contribution in [0.25, 0.3) is 10.9 Å². The summed E-state index contributed by atoms with van der Waals surface area (Å²) in [6.07, 6.45) is 2.93. The normalized spacial score (nSPS) is 22.5. The van der Waals surface area contributed by atoms with Gasteiger partial charge in [-0.15, -0.1) is 0 Å². The van der Waals surface area contributed by atoms with Crippen LogP contribution in [0.5, 0.6) is 0 Å². The van der Waals surface area contributed by atoms with Crippen LogP contribution in [0, 0.1) is 0 Å². The number of nitrogens with two attached hydrogens (primary N) is 1. The van der Waals surface area contributed by atoms with Crippen molar-refractivity contribution in [1.29, 1.82) is 0 Å². The van der Waals surface area contributed by atoms with Crippen molar-refractivity contribution in [2.24, 2.45) is 5.73 Å². The highest BCUT2D eigenvalue weighted by Gasteiger charge is 2.29. The number of hydrogen-bond donors (Lipinski definition) is 2. The van der Waals surface area contributed by atoms with Gasteiger partial charge in [0.2, 0.25) is 5.91 Å². The third kappa shape index (κ3) is 4.04. The van der Waals surface area contributed by atoms with Gasteiger partial charge >= 0.3 is 0 Å². The molecule has 0 radical (unpaired) electrons. The fourth-order valence-corrected chi connectivity index (χ4v) is 3.77. The number of aromatic nitrogens is 1. The first-order valence-electron chi connectivity index (χ1n) is 9.75. The Balaban J connectivity index is 1.41. The third-order valence-electron chi connectivity index (χ3n) is 5.37. The highest BCUT2D eigenvalue weighted by Crippen LogP contribution is 2.23. The van der Waals surface area contributed by atoms with Crippen molar-refractivity contribution in [3.05, 3.63) is 30.5 Å². The molecule has 2 saturated heterocycles. The van der Waals surface area contributed by atoms with Gasteiger partial charge in [-0.2, -0.15) is 0 Å². The number of ether oxygens (including phenoxy) is 2. The Labute approximate surface area is 163 Å². The highest BCUT2D eigenvalue weighted by molar-refractivity contribution is 5.96. The van der Waals surface area contributed by atoms with E-state index in [2.05, 4.69) is 5.32 Å². The number of nitrogens with one attached hydrogen (secondary N) is 1. The number of anilines is 1. The summed E-state index contributed by atoms with van der Waals surface area (Å²) in [5, 5.41) is 3.89. The molecule has 8 nitrogen and oxygen atoms in total. The average molecular weight is 386 g/mol. The van der Waals surface area contributed by atoms with E-state index < -0.39 is 6.10 Å². The van der Waals surface area contributed by atoms with Crippen LogP contribution < -0.4 is 11.1 Å². The molecule has 1 aromatic heterocycles. The summed E-state index contributed by atoms with van der Waals surface area (Å²) in [6.45, 7) is 3.21. The maximum absolute atomic E-state index is 12.5. The Hall–Kier alpha value is -2.42. The van der Waals surface area contributed by atoms with Gasteiger partial charge in [-0.1, -0.05) is 0 Å². The molecular formula is C20H26N4O4. The number of carbonyl (C=O) groups is 2. The van der Waals surface area contributed by atoms with Crippen molar-refractivity contribution in [2.75, 3.05) is 38.2 Å². The third-order valence-corrected chi connectivity index (χ3v) is 5.37. The van der Waals surface area contributed by atoms with E-state index in [0.29, 0.717) is 45.8 Å². The van der Waals surface area contributed by atoms with Crippen molar-refractivity contribution in [3.63, 3.8) is 0 Å². The number of amides is 2. The van der Waals surface area contributed by atoms with Crippen LogP contribution in [-0.4, -0.2) is 66.3 Å². The van der Waals surface area contributed by atoms with Crippen LogP contribution in [0.3, 0.4) is 0 Å². The number of morpholine rings is 1. The van der Waals surface area contributed by atoms with E-state index in [1.54, 1.807) is 0 Å². The van der Waals surface area contributed by atoms with Gasteiger partial charge in [0.1, 0.15) is 12.6 Å².